The smallest absolute Gasteiger partial charge is 0.408 e. The Kier molecular flexibility index (Phi) is 5.78. The predicted molar refractivity (Wildman–Crippen MR) is 63.8 cm³/mol. The Morgan fingerprint density at radius 3 is 2.25 bits per heavy atom. The molecule has 0 saturated carbocycles. The van der Waals surface area contributed by atoms with Gasteiger partial charge in [-0.25, -0.2) is 9.59 Å². The van der Waals surface area contributed by atoms with Crippen molar-refractivity contribution in [2.75, 3.05) is 0 Å². The molecule has 5 nitrogen and oxygen atoms in total. The fourth-order valence-electron chi connectivity index (χ4n) is 0.996. The minimum Gasteiger partial charge on any atom is -0.480 e. The number of nitrogens with one attached hydrogen (secondary N) is 1. The second-order valence-electron chi connectivity index (χ2n) is 4.55. The molecule has 0 fully saturated rings. The van der Waals surface area contributed by atoms with Crippen molar-refractivity contribution in [2.24, 2.45) is 0 Å². The third kappa shape index (κ3) is 7.50. The number of alkyl halides is 1. The summed E-state index contributed by atoms with van der Waals surface area (Å²) in [7, 11) is 0. The summed E-state index contributed by atoms with van der Waals surface area (Å²) in [6, 6.07) is -0.941. The van der Waals surface area contributed by atoms with Gasteiger partial charge >= 0.3 is 12.1 Å². The molecule has 0 aliphatic rings. The van der Waals surface area contributed by atoms with Crippen LogP contribution in [0.5, 0.6) is 0 Å². The Labute approximate surface area is 104 Å². The van der Waals surface area contributed by atoms with Crippen molar-refractivity contribution < 1.29 is 19.4 Å². The Morgan fingerprint density at radius 2 is 1.94 bits per heavy atom. The summed E-state index contributed by atoms with van der Waals surface area (Å²) in [5.41, 5.74) is -0.632. The van der Waals surface area contributed by atoms with Gasteiger partial charge < -0.3 is 15.2 Å². The van der Waals surface area contributed by atoms with Gasteiger partial charge in [-0.15, -0.1) is 0 Å². The first-order chi connectivity index (χ1) is 7.11. The number of ether oxygens (including phenoxy) is 1. The number of carboxylic acids is 1. The summed E-state index contributed by atoms with van der Waals surface area (Å²) < 4.78 is 4.97. The number of aliphatic carboxylic acids is 1. The van der Waals surface area contributed by atoms with E-state index < -0.39 is 23.7 Å². The van der Waals surface area contributed by atoms with Gasteiger partial charge in [0, 0.05) is 4.83 Å². The summed E-state index contributed by atoms with van der Waals surface area (Å²) in [6.07, 6.45) is -0.415. The summed E-state index contributed by atoms with van der Waals surface area (Å²) >= 11 is 3.24. The number of hydrogen-bond donors (Lipinski definition) is 2. The van der Waals surface area contributed by atoms with Crippen LogP contribution < -0.4 is 5.32 Å². The number of carboxylic acid groups (broad SMARTS) is 1. The van der Waals surface area contributed by atoms with Gasteiger partial charge in [-0.1, -0.05) is 22.9 Å². The van der Waals surface area contributed by atoms with Crippen molar-refractivity contribution in [1.29, 1.82) is 0 Å². The molecule has 0 bridgehead atoms. The SMILES string of the molecule is CC(Br)CC(NC(=O)OC(C)(C)C)C(=O)O. The van der Waals surface area contributed by atoms with E-state index in [9.17, 15) is 9.59 Å². The summed E-state index contributed by atoms with van der Waals surface area (Å²) in [4.78, 5) is 22.2. The number of amides is 1. The molecule has 0 rings (SSSR count). The molecule has 0 radical (unpaired) electrons. The first-order valence-electron chi connectivity index (χ1n) is 4.98. The van der Waals surface area contributed by atoms with Crippen LogP contribution in [-0.4, -0.2) is 33.6 Å². The van der Waals surface area contributed by atoms with Crippen LogP contribution in [0.3, 0.4) is 0 Å². The zero-order valence-corrected chi connectivity index (χ0v) is 11.5. The molecule has 1 amide bonds. The summed E-state index contributed by atoms with van der Waals surface area (Å²) in [5.74, 6) is -1.07. The first-order valence-corrected chi connectivity index (χ1v) is 5.90. The quantitative estimate of drug-likeness (QED) is 0.779. The molecule has 6 heteroatoms. The number of carbonyl (C=O) groups is 2. The van der Waals surface area contributed by atoms with E-state index in [0.29, 0.717) is 6.42 Å². The number of halogens is 1. The maximum absolute atomic E-state index is 11.3. The molecule has 0 aromatic rings. The molecule has 0 spiro atoms. The van der Waals surface area contributed by atoms with Crippen LogP contribution in [0.2, 0.25) is 0 Å². The third-order valence-corrected chi connectivity index (χ3v) is 1.92. The lowest BCUT2D eigenvalue weighted by Crippen LogP contribution is -2.44. The van der Waals surface area contributed by atoms with E-state index >= 15 is 0 Å². The highest BCUT2D eigenvalue weighted by Gasteiger charge is 2.24. The van der Waals surface area contributed by atoms with E-state index in [1.54, 1.807) is 20.8 Å². The zero-order valence-electron chi connectivity index (χ0n) is 9.91. The van der Waals surface area contributed by atoms with Gasteiger partial charge in [-0.3, -0.25) is 0 Å². The van der Waals surface area contributed by atoms with E-state index in [-0.39, 0.29) is 4.83 Å². The second kappa shape index (κ2) is 6.08. The van der Waals surface area contributed by atoms with Crippen LogP contribution in [0.25, 0.3) is 0 Å². The summed E-state index contributed by atoms with van der Waals surface area (Å²) in [6.45, 7) is 6.97. The number of alkyl carbamates (subject to hydrolysis) is 1. The van der Waals surface area contributed by atoms with E-state index in [2.05, 4.69) is 21.2 Å². The molecule has 2 unspecified atom stereocenters. The highest BCUT2D eigenvalue weighted by atomic mass is 79.9. The minimum absolute atomic E-state index is 0.00327. The van der Waals surface area contributed by atoms with Crippen LogP contribution in [0.1, 0.15) is 34.1 Å². The van der Waals surface area contributed by atoms with Gasteiger partial charge in [-0.2, -0.15) is 0 Å². The number of carbonyl (C=O) groups excluding carboxylic acids is 1. The molecule has 94 valence electrons. The minimum atomic E-state index is -1.07. The van der Waals surface area contributed by atoms with E-state index in [1.165, 1.54) is 0 Å². The van der Waals surface area contributed by atoms with Gasteiger partial charge in [0.05, 0.1) is 0 Å². The van der Waals surface area contributed by atoms with Gasteiger partial charge in [0.15, 0.2) is 0 Å². The zero-order chi connectivity index (χ0) is 12.9. The van der Waals surface area contributed by atoms with E-state index in [0.717, 1.165) is 0 Å². The molecule has 16 heavy (non-hydrogen) atoms. The average Bonchev–Trinajstić information content (AvgIpc) is 1.97. The van der Waals surface area contributed by atoms with Crippen LogP contribution in [-0.2, 0) is 9.53 Å². The van der Waals surface area contributed by atoms with Crippen LogP contribution >= 0.6 is 15.9 Å². The third-order valence-electron chi connectivity index (χ3n) is 1.55. The fourth-order valence-corrected chi connectivity index (χ4v) is 1.37. The lowest BCUT2D eigenvalue weighted by Gasteiger charge is -2.22. The Morgan fingerprint density at radius 1 is 1.44 bits per heavy atom. The molecular formula is C10H18BrNO4. The number of rotatable bonds is 4. The largest absolute Gasteiger partial charge is 0.480 e. The molecule has 2 atom stereocenters. The standard InChI is InChI=1S/C10H18BrNO4/c1-6(11)5-7(8(13)14)12-9(15)16-10(2,3)4/h6-7H,5H2,1-4H3,(H,12,15)(H,13,14). The lowest BCUT2D eigenvalue weighted by molar-refractivity contribution is -0.139. The van der Waals surface area contributed by atoms with Crippen LogP contribution in [0.15, 0.2) is 0 Å². The molecule has 0 aromatic carbocycles. The molecule has 0 heterocycles. The molecular weight excluding hydrogens is 278 g/mol. The van der Waals surface area contributed by atoms with E-state index in [4.69, 9.17) is 9.84 Å². The van der Waals surface area contributed by atoms with Gasteiger partial charge in [0.1, 0.15) is 11.6 Å². The van der Waals surface area contributed by atoms with Gasteiger partial charge in [-0.05, 0) is 27.2 Å². The highest BCUT2D eigenvalue weighted by Crippen LogP contribution is 2.10. The predicted octanol–water partition coefficient (Wildman–Crippen LogP) is 2.14. The van der Waals surface area contributed by atoms with Crippen molar-refractivity contribution in [3.8, 4) is 0 Å². The van der Waals surface area contributed by atoms with Gasteiger partial charge in [0.25, 0.3) is 0 Å². The maximum Gasteiger partial charge on any atom is 0.408 e. The number of hydrogen-bond acceptors (Lipinski definition) is 3. The van der Waals surface area contributed by atoms with Crippen molar-refractivity contribution in [3.05, 3.63) is 0 Å². The average molecular weight is 296 g/mol. The molecule has 0 saturated heterocycles. The molecule has 0 aliphatic carbocycles. The van der Waals surface area contributed by atoms with Crippen molar-refractivity contribution in [1.82, 2.24) is 5.32 Å². The molecule has 0 aromatic heterocycles. The topological polar surface area (TPSA) is 75.6 Å². The summed E-state index contributed by atoms with van der Waals surface area (Å²) in [5, 5.41) is 11.2. The van der Waals surface area contributed by atoms with Crippen LogP contribution in [0.4, 0.5) is 4.79 Å². The van der Waals surface area contributed by atoms with Gasteiger partial charge in [0.2, 0.25) is 0 Å². The Hall–Kier alpha value is -0.780. The maximum atomic E-state index is 11.3. The normalized spacial score (nSPS) is 15.1. The Bertz CT molecular complexity index is 260. The van der Waals surface area contributed by atoms with Crippen LogP contribution in [0, 0.1) is 0 Å². The highest BCUT2D eigenvalue weighted by molar-refractivity contribution is 9.09. The molecule has 2 N–H and O–H groups in total. The fraction of sp³-hybridized carbons (Fsp3) is 0.800. The van der Waals surface area contributed by atoms with Crippen molar-refractivity contribution in [2.45, 2.75) is 50.6 Å². The monoisotopic (exact) mass is 295 g/mol. The molecule has 0 aliphatic heterocycles. The second-order valence-corrected chi connectivity index (χ2v) is 6.12. The van der Waals surface area contributed by atoms with E-state index in [1.807, 2.05) is 6.92 Å². The lowest BCUT2D eigenvalue weighted by atomic mass is 10.2. The Balaban J connectivity index is 4.30. The van der Waals surface area contributed by atoms with Crippen molar-refractivity contribution in [3.63, 3.8) is 0 Å². The first kappa shape index (κ1) is 15.2. The van der Waals surface area contributed by atoms with Crippen molar-refractivity contribution >= 4 is 28.0 Å².